The third-order valence-corrected chi connectivity index (χ3v) is 6.42. The Labute approximate surface area is 223 Å². The lowest BCUT2D eigenvalue weighted by molar-refractivity contribution is -0.136. The number of thioether (sulfide) groups is 1. The number of aliphatic hydroxyl groups excluding tert-OH is 1. The van der Waals surface area contributed by atoms with Crippen LogP contribution < -0.4 is 4.74 Å². The molecule has 0 bridgehead atoms. The van der Waals surface area contributed by atoms with Crippen LogP contribution in [-0.4, -0.2) is 35.5 Å². The Hall–Kier alpha value is -3.56. The number of alkyl halides is 3. The van der Waals surface area contributed by atoms with Gasteiger partial charge in [0, 0.05) is 34.4 Å². The van der Waals surface area contributed by atoms with Crippen molar-refractivity contribution < 1.29 is 32.5 Å². The first-order valence-corrected chi connectivity index (χ1v) is 13.0. The Morgan fingerprint density at radius 3 is 2.37 bits per heavy atom. The maximum atomic E-state index is 13.6. The average Bonchev–Trinajstić information content (AvgIpc) is 2.92. The Bertz CT molecular complexity index is 1390. The number of hydrogen-bond donors (Lipinski definition) is 1. The maximum Gasteiger partial charge on any atom is 0.418 e. The highest BCUT2D eigenvalue weighted by Gasteiger charge is 2.34. The van der Waals surface area contributed by atoms with Crippen LogP contribution in [0.25, 0.3) is 22.0 Å². The van der Waals surface area contributed by atoms with Crippen molar-refractivity contribution in [3.63, 3.8) is 0 Å². The van der Waals surface area contributed by atoms with Crippen molar-refractivity contribution >= 4 is 28.6 Å². The summed E-state index contributed by atoms with van der Waals surface area (Å²) in [6.07, 6.45) is -2.82. The van der Waals surface area contributed by atoms with E-state index in [1.807, 2.05) is 32.0 Å². The van der Waals surface area contributed by atoms with Crippen LogP contribution in [-0.2, 0) is 10.9 Å². The van der Waals surface area contributed by atoms with Gasteiger partial charge in [0.15, 0.2) is 0 Å². The fourth-order valence-corrected chi connectivity index (χ4v) is 4.64. The molecule has 3 aromatic carbocycles. The molecule has 4 rings (SSSR count). The van der Waals surface area contributed by atoms with E-state index in [4.69, 9.17) is 14.6 Å². The van der Waals surface area contributed by atoms with E-state index in [0.717, 1.165) is 22.9 Å². The number of carbonyl (C=O) groups excluding carboxylic acids is 1. The Kier molecular flexibility index (Phi) is 10.2. The van der Waals surface area contributed by atoms with Crippen molar-refractivity contribution in [2.24, 2.45) is 0 Å². The van der Waals surface area contributed by atoms with Crippen molar-refractivity contribution in [2.45, 2.75) is 31.3 Å². The highest BCUT2D eigenvalue weighted by Crippen LogP contribution is 2.39. The minimum Gasteiger partial charge on any atom is -0.465 e. The number of methoxy groups -OCH3 is 1. The van der Waals surface area contributed by atoms with Crippen molar-refractivity contribution in [3.05, 3.63) is 84.1 Å². The third kappa shape index (κ3) is 6.85. The zero-order valence-corrected chi connectivity index (χ0v) is 22.0. The quantitative estimate of drug-likeness (QED) is 0.138. The van der Waals surface area contributed by atoms with E-state index in [2.05, 4.69) is 4.98 Å². The number of esters is 1. The number of benzene rings is 3. The summed E-state index contributed by atoms with van der Waals surface area (Å²) in [7, 11) is 1.20. The molecule has 0 amide bonds. The molecule has 0 aliphatic rings. The number of aromatic nitrogens is 1. The van der Waals surface area contributed by atoms with Crippen molar-refractivity contribution in [1.29, 1.82) is 0 Å². The summed E-state index contributed by atoms with van der Waals surface area (Å²) in [6.45, 7) is 4.12. The third-order valence-electron chi connectivity index (χ3n) is 5.34. The predicted molar refractivity (Wildman–Crippen MR) is 144 cm³/mol. The molecule has 0 radical (unpaired) electrons. The number of rotatable bonds is 8. The molecule has 38 heavy (non-hydrogen) atoms. The van der Waals surface area contributed by atoms with E-state index in [-0.39, 0.29) is 28.6 Å². The minimum absolute atomic E-state index is 0.0451. The van der Waals surface area contributed by atoms with Gasteiger partial charge in [-0.3, -0.25) is 4.98 Å². The second-order valence-electron chi connectivity index (χ2n) is 7.77. The van der Waals surface area contributed by atoms with Gasteiger partial charge in [-0.2, -0.15) is 13.2 Å². The summed E-state index contributed by atoms with van der Waals surface area (Å²) in [4.78, 5) is 17.5. The van der Waals surface area contributed by atoms with Gasteiger partial charge in [0.1, 0.15) is 11.5 Å². The fraction of sp³-hybridized carbons (Fsp3) is 0.241. The number of aliphatic hydroxyl groups is 1. The van der Waals surface area contributed by atoms with E-state index >= 15 is 0 Å². The molecule has 0 saturated heterocycles. The maximum absolute atomic E-state index is 13.6. The molecule has 0 fully saturated rings. The average molecular weight is 544 g/mol. The predicted octanol–water partition coefficient (Wildman–Crippen LogP) is 8.00. The molecule has 0 spiro atoms. The molecule has 1 aromatic heterocycles. The first-order chi connectivity index (χ1) is 18.3. The Morgan fingerprint density at radius 1 is 1.00 bits per heavy atom. The number of para-hydroxylation sites is 1. The lowest BCUT2D eigenvalue weighted by atomic mass is 9.94. The summed E-state index contributed by atoms with van der Waals surface area (Å²) in [5, 5.41) is 9.15. The molecule has 0 unspecified atom stereocenters. The zero-order chi connectivity index (χ0) is 27.7. The van der Waals surface area contributed by atoms with Gasteiger partial charge < -0.3 is 14.6 Å². The number of hydrogen-bond acceptors (Lipinski definition) is 6. The number of nitrogens with zero attached hydrogens (tertiary/aromatic N) is 1. The van der Waals surface area contributed by atoms with Gasteiger partial charge in [-0.05, 0) is 48.4 Å². The van der Waals surface area contributed by atoms with Gasteiger partial charge in [0.25, 0.3) is 0 Å². The van der Waals surface area contributed by atoms with Crippen LogP contribution in [0.2, 0.25) is 0 Å². The first kappa shape index (κ1) is 29.0. The topological polar surface area (TPSA) is 68.7 Å². The SMILES string of the molecule is CC.COC(=O)c1cnc2c(C(F)(F)F)cccc2c1-c1cccc(Oc2cccc(SCCCO)c2)c1. The summed E-state index contributed by atoms with van der Waals surface area (Å²) in [6, 6.07) is 18.0. The molecule has 0 aliphatic carbocycles. The number of ether oxygens (including phenoxy) is 2. The van der Waals surface area contributed by atoms with E-state index < -0.39 is 17.7 Å². The fourth-order valence-electron chi connectivity index (χ4n) is 3.76. The first-order valence-electron chi connectivity index (χ1n) is 12.0. The number of halogens is 3. The van der Waals surface area contributed by atoms with Crippen LogP contribution >= 0.6 is 11.8 Å². The van der Waals surface area contributed by atoms with Gasteiger partial charge in [-0.1, -0.05) is 44.2 Å². The lowest BCUT2D eigenvalue weighted by Crippen LogP contribution is -2.09. The molecular formula is C29H28F3NO4S. The van der Waals surface area contributed by atoms with Crippen LogP contribution in [0.4, 0.5) is 13.2 Å². The van der Waals surface area contributed by atoms with Crippen LogP contribution in [0.15, 0.2) is 77.8 Å². The summed E-state index contributed by atoms with van der Waals surface area (Å²) in [5.41, 5.74) is -0.347. The van der Waals surface area contributed by atoms with Gasteiger partial charge in [-0.15, -0.1) is 11.8 Å². The molecule has 1 heterocycles. The van der Waals surface area contributed by atoms with Crippen molar-refractivity contribution in [3.8, 4) is 22.6 Å². The normalized spacial score (nSPS) is 11.0. The number of pyridine rings is 1. The highest BCUT2D eigenvalue weighted by molar-refractivity contribution is 7.99. The molecule has 200 valence electrons. The van der Waals surface area contributed by atoms with Crippen molar-refractivity contribution in [1.82, 2.24) is 4.98 Å². The molecule has 9 heteroatoms. The van der Waals surface area contributed by atoms with E-state index in [9.17, 15) is 18.0 Å². The van der Waals surface area contributed by atoms with E-state index in [0.29, 0.717) is 23.5 Å². The smallest absolute Gasteiger partial charge is 0.418 e. The van der Waals surface area contributed by atoms with E-state index in [1.165, 1.54) is 19.2 Å². The molecule has 4 aromatic rings. The van der Waals surface area contributed by atoms with Gasteiger partial charge >= 0.3 is 12.1 Å². The standard InChI is InChI=1S/C27H22F3NO4S.C2H6/c1-34-26(33)22-16-31-25-21(10-4-11-23(25)27(28,29)30)24(22)17-6-2-7-18(14-17)35-19-8-3-9-20(15-19)36-13-5-12-32;1-2/h2-4,6-11,14-16,32H,5,12-13H2,1H3;1-2H3. The molecular weight excluding hydrogens is 515 g/mol. The molecule has 0 saturated carbocycles. The van der Waals surface area contributed by atoms with Gasteiger partial charge in [-0.25, -0.2) is 4.79 Å². The van der Waals surface area contributed by atoms with Gasteiger partial charge in [0.2, 0.25) is 0 Å². The second kappa shape index (κ2) is 13.3. The summed E-state index contributed by atoms with van der Waals surface area (Å²) >= 11 is 1.59. The largest absolute Gasteiger partial charge is 0.465 e. The highest BCUT2D eigenvalue weighted by atomic mass is 32.2. The minimum atomic E-state index is -4.61. The van der Waals surface area contributed by atoms with Crippen LogP contribution in [0.5, 0.6) is 11.5 Å². The van der Waals surface area contributed by atoms with E-state index in [1.54, 1.807) is 42.1 Å². The Balaban J connectivity index is 0.00000195. The van der Waals surface area contributed by atoms with Crippen LogP contribution in [0.1, 0.15) is 36.2 Å². The summed E-state index contributed by atoms with van der Waals surface area (Å²) in [5.74, 6) is 1.07. The monoisotopic (exact) mass is 543 g/mol. The van der Waals surface area contributed by atoms with Gasteiger partial charge in [0.05, 0.1) is 23.8 Å². The molecule has 0 aliphatic heterocycles. The zero-order valence-electron chi connectivity index (χ0n) is 21.2. The van der Waals surface area contributed by atoms with Crippen LogP contribution in [0, 0.1) is 0 Å². The number of fused-ring (bicyclic) bond motifs is 1. The summed E-state index contributed by atoms with van der Waals surface area (Å²) < 4.78 is 51.8. The molecule has 1 N–H and O–H groups in total. The van der Waals surface area contributed by atoms with Crippen LogP contribution in [0.3, 0.4) is 0 Å². The molecule has 0 atom stereocenters. The van der Waals surface area contributed by atoms with Crippen molar-refractivity contribution in [2.75, 3.05) is 19.5 Å². The molecule has 5 nitrogen and oxygen atoms in total. The second-order valence-corrected chi connectivity index (χ2v) is 8.94. The number of carbonyl (C=O) groups is 1. The lowest BCUT2D eigenvalue weighted by Gasteiger charge is -2.16. The Morgan fingerprint density at radius 2 is 1.68 bits per heavy atom.